The number of nitrogens with zero attached hydrogens (tertiary/aromatic N) is 1. The van der Waals surface area contributed by atoms with Crippen molar-refractivity contribution >= 4 is 5.91 Å². The molecule has 0 spiro atoms. The molecule has 82 valence electrons. The Balaban J connectivity index is 2.62. The van der Waals surface area contributed by atoms with Gasteiger partial charge in [0, 0.05) is 17.8 Å². The summed E-state index contributed by atoms with van der Waals surface area (Å²) in [5.74, 6) is -1.19. The number of hydrogen-bond donors (Lipinski definition) is 1. The summed E-state index contributed by atoms with van der Waals surface area (Å²) in [5, 5.41) is 0. The molecule has 1 amide bonds. The fourth-order valence-corrected chi connectivity index (χ4v) is 0.802. The first-order valence-corrected chi connectivity index (χ1v) is 4.48. The Morgan fingerprint density at radius 2 is 2.20 bits per heavy atom. The minimum atomic E-state index is -0.696. The van der Waals surface area contributed by atoms with Crippen molar-refractivity contribution in [2.45, 2.75) is 26.4 Å². The first kappa shape index (κ1) is 11.6. The van der Waals surface area contributed by atoms with E-state index in [1.54, 1.807) is 20.8 Å². The first-order chi connectivity index (χ1) is 6.88. The van der Waals surface area contributed by atoms with Gasteiger partial charge in [0.1, 0.15) is 0 Å². The summed E-state index contributed by atoms with van der Waals surface area (Å²) >= 11 is 0. The van der Waals surface area contributed by atoms with E-state index in [1.807, 2.05) is 0 Å². The van der Waals surface area contributed by atoms with Gasteiger partial charge in [-0.05, 0) is 26.8 Å². The molecule has 0 saturated carbocycles. The molecule has 4 nitrogen and oxygen atoms in total. The normalized spacial score (nSPS) is 11.2. The quantitative estimate of drug-likeness (QED) is 0.599. The van der Waals surface area contributed by atoms with Crippen LogP contribution < -0.4 is 5.48 Å². The van der Waals surface area contributed by atoms with Crippen LogP contribution in [0.5, 0.6) is 0 Å². The van der Waals surface area contributed by atoms with Gasteiger partial charge in [0.2, 0.25) is 5.95 Å². The third-order valence-corrected chi connectivity index (χ3v) is 1.44. The molecule has 0 aliphatic carbocycles. The Morgan fingerprint density at radius 1 is 1.53 bits per heavy atom. The molecule has 0 aromatic carbocycles. The summed E-state index contributed by atoms with van der Waals surface area (Å²) in [6.07, 6.45) is 1.22. The molecule has 1 aromatic heterocycles. The Bertz CT molecular complexity index is 361. The van der Waals surface area contributed by atoms with Gasteiger partial charge in [-0.3, -0.25) is 9.63 Å². The molecule has 0 aliphatic heterocycles. The van der Waals surface area contributed by atoms with E-state index in [1.165, 1.54) is 12.3 Å². The molecule has 0 bridgehead atoms. The number of carbonyl (C=O) groups is 1. The van der Waals surface area contributed by atoms with Crippen molar-refractivity contribution in [3.63, 3.8) is 0 Å². The zero-order valence-electron chi connectivity index (χ0n) is 8.87. The van der Waals surface area contributed by atoms with Crippen molar-refractivity contribution < 1.29 is 14.0 Å². The third kappa shape index (κ3) is 4.03. The second-order valence-corrected chi connectivity index (χ2v) is 4.01. The molecule has 0 radical (unpaired) electrons. The lowest BCUT2D eigenvalue weighted by molar-refractivity contribution is -0.0589. The van der Waals surface area contributed by atoms with Crippen LogP contribution >= 0.6 is 0 Å². The first-order valence-electron chi connectivity index (χ1n) is 4.48. The van der Waals surface area contributed by atoms with Crippen LogP contribution in [0.3, 0.4) is 0 Å². The summed E-state index contributed by atoms with van der Waals surface area (Å²) < 4.78 is 12.7. The van der Waals surface area contributed by atoms with Gasteiger partial charge in [0.15, 0.2) is 0 Å². The van der Waals surface area contributed by atoms with Crippen LogP contribution in [0.4, 0.5) is 4.39 Å². The second kappa shape index (κ2) is 4.35. The lowest BCUT2D eigenvalue weighted by Gasteiger charge is -2.18. The number of halogens is 1. The van der Waals surface area contributed by atoms with Crippen molar-refractivity contribution in [1.29, 1.82) is 0 Å². The summed E-state index contributed by atoms with van der Waals surface area (Å²) in [4.78, 5) is 19.8. The number of carbonyl (C=O) groups excluding carboxylic acids is 1. The Kier molecular flexibility index (Phi) is 3.36. The molecule has 15 heavy (non-hydrogen) atoms. The average molecular weight is 212 g/mol. The van der Waals surface area contributed by atoms with Crippen LogP contribution in [0.25, 0.3) is 0 Å². The summed E-state index contributed by atoms with van der Waals surface area (Å²) in [7, 11) is 0. The largest absolute Gasteiger partial charge is 0.275 e. The Morgan fingerprint density at radius 3 is 2.73 bits per heavy atom. The number of pyridine rings is 1. The fraction of sp³-hybridized carbons (Fsp3) is 0.400. The van der Waals surface area contributed by atoms with Gasteiger partial charge >= 0.3 is 0 Å². The van der Waals surface area contributed by atoms with Gasteiger partial charge in [0.05, 0.1) is 5.60 Å². The van der Waals surface area contributed by atoms with Crippen molar-refractivity contribution in [2.75, 3.05) is 0 Å². The molecule has 0 saturated heterocycles. The van der Waals surface area contributed by atoms with Gasteiger partial charge in [-0.2, -0.15) is 4.39 Å². The van der Waals surface area contributed by atoms with E-state index in [0.717, 1.165) is 6.07 Å². The van der Waals surface area contributed by atoms with Gasteiger partial charge in [-0.1, -0.05) is 0 Å². The van der Waals surface area contributed by atoms with Crippen molar-refractivity contribution in [3.05, 3.63) is 29.8 Å². The van der Waals surface area contributed by atoms with E-state index in [0.29, 0.717) is 0 Å². The Hall–Kier alpha value is -1.49. The monoisotopic (exact) mass is 212 g/mol. The predicted octanol–water partition coefficient (Wildman–Crippen LogP) is 1.68. The third-order valence-electron chi connectivity index (χ3n) is 1.44. The predicted molar refractivity (Wildman–Crippen MR) is 52.5 cm³/mol. The second-order valence-electron chi connectivity index (χ2n) is 4.01. The van der Waals surface area contributed by atoms with E-state index in [-0.39, 0.29) is 5.56 Å². The van der Waals surface area contributed by atoms with Crippen LogP contribution in [-0.2, 0) is 4.84 Å². The number of aromatic nitrogens is 1. The molecule has 0 aliphatic rings. The lowest BCUT2D eigenvalue weighted by atomic mass is 10.2. The van der Waals surface area contributed by atoms with Gasteiger partial charge < -0.3 is 0 Å². The maximum Gasteiger partial charge on any atom is 0.275 e. The van der Waals surface area contributed by atoms with E-state index >= 15 is 0 Å². The van der Waals surface area contributed by atoms with Crippen molar-refractivity contribution in [1.82, 2.24) is 10.5 Å². The van der Waals surface area contributed by atoms with Gasteiger partial charge in [-0.15, -0.1) is 0 Å². The highest BCUT2D eigenvalue weighted by molar-refractivity contribution is 5.93. The summed E-state index contributed by atoms with van der Waals surface area (Å²) in [6, 6.07) is 2.45. The van der Waals surface area contributed by atoms with E-state index in [2.05, 4.69) is 10.5 Å². The van der Waals surface area contributed by atoms with Crippen LogP contribution in [0, 0.1) is 5.95 Å². The topological polar surface area (TPSA) is 51.2 Å². The maximum absolute atomic E-state index is 12.7. The van der Waals surface area contributed by atoms with Crippen molar-refractivity contribution in [3.8, 4) is 0 Å². The smallest absolute Gasteiger partial charge is 0.268 e. The highest BCUT2D eigenvalue weighted by atomic mass is 19.1. The van der Waals surface area contributed by atoms with Crippen LogP contribution in [-0.4, -0.2) is 16.5 Å². The number of amides is 1. The van der Waals surface area contributed by atoms with Gasteiger partial charge in [0.25, 0.3) is 5.91 Å². The molecule has 1 rings (SSSR count). The molecule has 0 fully saturated rings. The van der Waals surface area contributed by atoms with Crippen LogP contribution in [0.1, 0.15) is 31.1 Å². The van der Waals surface area contributed by atoms with E-state index < -0.39 is 17.5 Å². The number of hydrogen-bond acceptors (Lipinski definition) is 3. The summed E-state index contributed by atoms with van der Waals surface area (Å²) in [6.45, 7) is 5.38. The maximum atomic E-state index is 12.7. The molecule has 0 unspecified atom stereocenters. The summed E-state index contributed by atoms with van der Waals surface area (Å²) in [5.41, 5.74) is 1.92. The molecule has 1 N–H and O–H groups in total. The average Bonchev–Trinajstić information content (AvgIpc) is 2.13. The molecular formula is C10H13FN2O2. The minimum Gasteiger partial charge on any atom is -0.268 e. The van der Waals surface area contributed by atoms with E-state index in [4.69, 9.17) is 4.84 Å². The highest BCUT2D eigenvalue weighted by Crippen LogP contribution is 2.05. The zero-order chi connectivity index (χ0) is 11.5. The minimum absolute atomic E-state index is 0.173. The number of hydroxylamine groups is 1. The standard InChI is InChI=1S/C10H13FN2O2/c1-10(2,3)15-13-9(14)7-4-5-12-8(11)6-7/h4-6H,1-3H3,(H,13,14). The molecule has 1 aromatic rings. The van der Waals surface area contributed by atoms with E-state index in [9.17, 15) is 9.18 Å². The molecule has 1 heterocycles. The van der Waals surface area contributed by atoms with Crippen molar-refractivity contribution in [2.24, 2.45) is 0 Å². The fourth-order valence-electron chi connectivity index (χ4n) is 0.802. The SMILES string of the molecule is CC(C)(C)ONC(=O)c1ccnc(F)c1. The molecular weight excluding hydrogens is 199 g/mol. The number of rotatable bonds is 2. The van der Waals surface area contributed by atoms with Gasteiger partial charge in [-0.25, -0.2) is 10.5 Å². The Labute approximate surface area is 87.4 Å². The zero-order valence-corrected chi connectivity index (χ0v) is 8.87. The molecule has 5 heteroatoms. The molecule has 0 atom stereocenters. The van der Waals surface area contributed by atoms with Crippen LogP contribution in [0.15, 0.2) is 18.3 Å². The lowest BCUT2D eigenvalue weighted by Crippen LogP contribution is -2.33. The number of nitrogens with one attached hydrogen (secondary N) is 1. The van der Waals surface area contributed by atoms with Crippen LogP contribution in [0.2, 0.25) is 0 Å². The highest BCUT2D eigenvalue weighted by Gasteiger charge is 2.14.